The van der Waals surface area contributed by atoms with E-state index in [1.54, 1.807) is 12.1 Å². The number of nitrogens with one attached hydrogen (secondary N) is 1. The number of carbonyl (C=O) groups is 1. The minimum atomic E-state index is 0.476. The van der Waals surface area contributed by atoms with Crippen molar-refractivity contribution in [2.24, 2.45) is 11.5 Å². The summed E-state index contributed by atoms with van der Waals surface area (Å²) in [7, 11) is 5.61. The van der Waals surface area contributed by atoms with Crippen molar-refractivity contribution in [3.8, 4) is 11.3 Å². The van der Waals surface area contributed by atoms with Crippen molar-refractivity contribution >= 4 is 53.4 Å². The number of hydrogen-bond acceptors (Lipinski definition) is 8. The lowest BCUT2D eigenvalue weighted by Gasteiger charge is -2.16. The van der Waals surface area contributed by atoms with Crippen molar-refractivity contribution in [1.82, 2.24) is 14.9 Å². The molecule has 0 fully saturated rings. The van der Waals surface area contributed by atoms with Gasteiger partial charge in [-0.05, 0) is 59.4 Å². The summed E-state index contributed by atoms with van der Waals surface area (Å²) in [4.78, 5) is 19.5. The van der Waals surface area contributed by atoms with Crippen LogP contribution in [-0.4, -0.2) is 62.1 Å². The van der Waals surface area contributed by atoms with Gasteiger partial charge in [0, 0.05) is 17.8 Å². The summed E-state index contributed by atoms with van der Waals surface area (Å²) >= 11 is 13.8. The Kier molecular flexibility index (Phi) is 14.9. The molecule has 0 spiro atoms. The van der Waals surface area contributed by atoms with Gasteiger partial charge in [-0.1, -0.05) is 35.3 Å². The zero-order chi connectivity index (χ0) is 24.0. The van der Waals surface area contributed by atoms with Gasteiger partial charge >= 0.3 is 0 Å². The number of nitrogens with two attached hydrogens (primary N) is 2. The Bertz CT molecular complexity index is 849. The van der Waals surface area contributed by atoms with Crippen LogP contribution in [0.2, 0.25) is 10.0 Å². The first-order valence-corrected chi connectivity index (χ1v) is 11.4. The number of aromatic nitrogens is 2. The van der Waals surface area contributed by atoms with Gasteiger partial charge in [0.25, 0.3) is 0 Å². The van der Waals surface area contributed by atoms with E-state index in [1.165, 1.54) is 18.8 Å². The molecule has 2 aromatic rings. The summed E-state index contributed by atoms with van der Waals surface area (Å²) < 4.78 is 0. The van der Waals surface area contributed by atoms with Crippen LogP contribution in [0.4, 0.5) is 5.95 Å². The van der Waals surface area contributed by atoms with Crippen LogP contribution in [-0.2, 0) is 4.79 Å². The lowest BCUT2D eigenvalue weighted by molar-refractivity contribution is -0.0979. The third kappa shape index (κ3) is 9.04. The lowest BCUT2D eigenvalue weighted by Crippen LogP contribution is -2.17. The van der Waals surface area contributed by atoms with Gasteiger partial charge in [0.1, 0.15) is 11.8 Å². The van der Waals surface area contributed by atoms with Gasteiger partial charge in [0.15, 0.2) is 0 Å². The van der Waals surface area contributed by atoms with Gasteiger partial charge in [0.05, 0.1) is 21.3 Å². The van der Waals surface area contributed by atoms with Crippen LogP contribution in [0.1, 0.15) is 18.9 Å². The van der Waals surface area contributed by atoms with Crippen molar-refractivity contribution in [3.63, 3.8) is 0 Å². The van der Waals surface area contributed by atoms with E-state index in [-0.39, 0.29) is 0 Å². The zero-order valence-corrected chi connectivity index (χ0v) is 21.0. The molecule has 0 saturated carbocycles. The number of benzene rings is 1. The molecule has 5 N–H and O–H groups in total. The summed E-state index contributed by atoms with van der Waals surface area (Å²) in [5, 5.41) is 5.11. The third-order valence-electron chi connectivity index (χ3n) is 3.93. The molecule has 1 aromatic carbocycles. The number of rotatable bonds is 8. The summed E-state index contributed by atoms with van der Waals surface area (Å²) in [6.07, 6.45) is 4.82. The maximum Gasteiger partial charge on any atom is 0.224 e. The molecule has 0 radical (unpaired) electrons. The van der Waals surface area contributed by atoms with E-state index in [4.69, 9.17) is 38.7 Å². The highest BCUT2D eigenvalue weighted by Crippen LogP contribution is 2.35. The standard InChI is InChI=1S/C19H25Cl2N5S.CH5N.CH2O/c1-5-15(22)16-17(12-7-8-13(20)14(21)11-12)24-19(25-18(16)27-4)23-9-6-10-26(2)3;2*1-2/h5,7-8,11H,6,9-10,22H2,1-4H3,(H,23,24,25);2H2,1H3;1H2/b15-5-;;. The normalized spacial score (nSPS) is 10.7. The Balaban J connectivity index is 0.00000212. The van der Waals surface area contributed by atoms with Crippen molar-refractivity contribution in [2.45, 2.75) is 18.4 Å². The second kappa shape index (κ2) is 15.9. The van der Waals surface area contributed by atoms with Crippen molar-refractivity contribution in [2.75, 3.05) is 45.8 Å². The van der Waals surface area contributed by atoms with Gasteiger partial charge < -0.3 is 26.5 Å². The highest BCUT2D eigenvalue weighted by atomic mass is 35.5. The van der Waals surface area contributed by atoms with Crippen LogP contribution in [0.5, 0.6) is 0 Å². The molecule has 7 nitrogen and oxygen atoms in total. The van der Waals surface area contributed by atoms with E-state index in [1.807, 2.05) is 32.1 Å². The molecule has 0 aliphatic rings. The molecule has 31 heavy (non-hydrogen) atoms. The predicted octanol–water partition coefficient (Wildman–Crippen LogP) is 4.25. The zero-order valence-electron chi connectivity index (χ0n) is 18.7. The van der Waals surface area contributed by atoms with Gasteiger partial charge in [-0.3, -0.25) is 0 Å². The van der Waals surface area contributed by atoms with Crippen LogP contribution >= 0.6 is 35.0 Å². The van der Waals surface area contributed by atoms with Crippen LogP contribution in [0.3, 0.4) is 0 Å². The molecular weight excluding hydrogens is 455 g/mol. The minimum Gasteiger partial charge on any atom is -0.398 e. The molecule has 0 amide bonds. The van der Waals surface area contributed by atoms with Gasteiger partial charge in [0.2, 0.25) is 5.95 Å². The minimum absolute atomic E-state index is 0.476. The second-order valence-corrected chi connectivity index (χ2v) is 7.85. The molecule has 2 rings (SSSR count). The first kappa shape index (κ1) is 29.2. The number of halogens is 2. The lowest BCUT2D eigenvalue weighted by atomic mass is 10.0. The summed E-state index contributed by atoms with van der Waals surface area (Å²) in [5.41, 5.74) is 13.8. The van der Waals surface area contributed by atoms with E-state index in [9.17, 15) is 0 Å². The average Bonchev–Trinajstić information content (AvgIpc) is 2.80. The Morgan fingerprint density at radius 3 is 2.39 bits per heavy atom. The first-order valence-electron chi connectivity index (χ1n) is 9.46. The fourth-order valence-corrected chi connectivity index (χ4v) is 3.41. The molecule has 172 valence electrons. The maximum atomic E-state index is 8.00. The maximum absolute atomic E-state index is 8.00. The van der Waals surface area contributed by atoms with E-state index < -0.39 is 0 Å². The molecule has 0 bridgehead atoms. The van der Waals surface area contributed by atoms with E-state index >= 15 is 0 Å². The van der Waals surface area contributed by atoms with E-state index in [2.05, 4.69) is 35.0 Å². The molecule has 1 aromatic heterocycles. The first-order chi connectivity index (χ1) is 14.9. The van der Waals surface area contributed by atoms with Crippen LogP contribution < -0.4 is 16.8 Å². The quantitative estimate of drug-likeness (QED) is 0.288. The molecule has 10 heteroatoms. The molecule has 0 aliphatic heterocycles. The molecule has 0 aliphatic carbocycles. The molecule has 1 heterocycles. The van der Waals surface area contributed by atoms with Crippen molar-refractivity contribution < 1.29 is 4.79 Å². The largest absolute Gasteiger partial charge is 0.398 e. The molecule has 0 saturated heterocycles. The Labute approximate surface area is 199 Å². The number of thioether (sulfide) groups is 1. The predicted molar refractivity (Wildman–Crippen MR) is 136 cm³/mol. The number of nitrogens with zero attached hydrogens (tertiary/aromatic N) is 3. The number of hydrogen-bond donors (Lipinski definition) is 3. The second-order valence-electron chi connectivity index (χ2n) is 6.24. The topological polar surface area (TPSA) is 110 Å². The molecular formula is C21H32Cl2N6OS. The van der Waals surface area contributed by atoms with E-state index in [0.717, 1.165) is 41.4 Å². The highest BCUT2D eigenvalue weighted by molar-refractivity contribution is 7.98. The van der Waals surface area contributed by atoms with Crippen LogP contribution in [0.25, 0.3) is 17.0 Å². The SMILES string of the molecule is C/C=C(\N)c1c(SC)nc(NCCCN(C)C)nc1-c1ccc(Cl)c(Cl)c1.C=O.CN. The van der Waals surface area contributed by atoms with Crippen molar-refractivity contribution in [3.05, 3.63) is 39.9 Å². The summed E-state index contributed by atoms with van der Waals surface area (Å²) in [6, 6.07) is 5.46. The van der Waals surface area contributed by atoms with Crippen LogP contribution in [0, 0.1) is 0 Å². The summed E-state index contributed by atoms with van der Waals surface area (Å²) in [5.74, 6) is 0.576. The average molecular weight is 488 g/mol. The fraction of sp³-hybridized carbons (Fsp3) is 0.381. The van der Waals surface area contributed by atoms with Crippen LogP contribution in [0.15, 0.2) is 29.3 Å². The Hall–Kier alpha value is -1.84. The smallest absolute Gasteiger partial charge is 0.224 e. The Morgan fingerprint density at radius 2 is 1.87 bits per heavy atom. The Morgan fingerprint density at radius 1 is 1.23 bits per heavy atom. The van der Waals surface area contributed by atoms with E-state index in [0.29, 0.717) is 21.7 Å². The van der Waals surface area contributed by atoms with Gasteiger partial charge in [-0.25, -0.2) is 9.97 Å². The molecule has 0 atom stereocenters. The monoisotopic (exact) mass is 486 g/mol. The number of carbonyl (C=O) groups excluding carboxylic acids is 1. The summed E-state index contributed by atoms with van der Waals surface area (Å²) in [6.45, 7) is 5.67. The third-order valence-corrected chi connectivity index (χ3v) is 5.35. The van der Waals surface area contributed by atoms with Gasteiger partial charge in [-0.2, -0.15) is 0 Å². The van der Waals surface area contributed by atoms with Gasteiger partial charge in [-0.15, -0.1) is 11.8 Å². The fourth-order valence-electron chi connectivity index (χ4n) is 2.52. The molecule has 0 unspecified atom stereocenters. The van der Waals surface area contributed by atoms with Crippen molar-refractivity contribution in [1.29, 1.82) is 0 Å². The number of allylic oxidation sites excluding steroid dienone is 1. The highest BCUT2D eigenvalue weighted by Gasteiger charge is 2.18. The number of anilines is 1.